The Balaban J connectivity index is 0.00000289. The van der Waals surface area contributed by atoms with Crippen molar-refractivity contribution in [1.29, 1.82) is 0 Å². The smallest absolute Gasteiger partial charge is 0.259 e. The van der Waals surface area contributed by atoms with Gasteiger partial charge in [-0.25, -0.2) is 0 Å². The molecule has 35 heavy (non-hydrogen) atoms. The molecule has 6 nitrogen and oxygen atoms in total. The second-order valence-electron chi connectivity index (χ2n) is 8.98. The number of nitrogens with one attached hydrogen (secondary N) is 1. The van der Waals surface area contributed by atoms with E-state index in [0.717, 1.165) is 35.3 Å². The highest BCUT2D eigenvalue weighted by Gasteiger charge is 2.27. The zero-order chi connectivity index (χ0) is 23.8. The maximum absolute atomic E-state index is 13.1. The highest BCUT2D eigenvalue weighted by Crippen LogP contribution is 2.32. The van der Waals surface area contributed by atoms with Gasteiger partial charge in [0.05, 0.1) is 10.6 Å². The summed E-state index contributed by atoms with van der Waals surface area (Å²) in [5.74, 6) is -0.233. The molecule has 5 rings (SSSR count). The summed E-state index contributed by atoms with van der Waals surface area (Å²) in [7, 11) is 2.17. The first-order chi connectivity index (χ1) is 16.4. The van der Waals surface area contributed by atoms with E-state index >= 15 is 0 Å². The summed E-state index contributed by atoms with van der Waals surface area (Å²) in [5.41, 5.74) is 4.77. The molecule has 0 aliphatic carbocycles. The van der Waals surface area contributed by atoms with Crippen molar-refractivity contribution in [2.75, 3.05) is 30.4 Å². The number of carbonyl (C=O) groups is 1. The summed E-state index contributed by atoms with van der Waals surface area (Å²) < 4.78 is 5.69. The van der Waals surface area contributed by atoms with E-state index in [-0.39, 0.29) is 18.3 Å². The predicted octanol–water partition coefficient (Wildman–Crippen LogP) is 6.35. The minimum Gasteiger partial charge on any atom is -0.463 e. The summed E-state index contributed by atoms with van der Waals surface area (Å²) >= 11 is 6.51. The minimum atomic E-state index is -0.233. The van der Waals surface area contributed by atoms with E-state index in [1.165, 1.54) is 6.26 Å². The lowest BCUT2D eigenvalue weighted by atomic mass is 10.1. The molecule has 0 radical (unpaired) electrons. The number of anilines is 2. The normalized spacial score (nSPS) is 18.3. The summed E-state index contributed by atoms with van der Waals surface area (Å²) in [6.45, 7) is 6.36. The Morgan fingerprint density at radius 2 is 1.77 bits per heavy atom. The number of rotatable bonds is 4. The standard InChI is InChI=1S/C27H27ClN4O2.ClH/c1-17-14-32(15-18(2)31(17)3)21-5-7-26-23(13-21)24(16-34-26)27(33)30-20-4-6-22(25(28)12-20)19-8-10-29-11-9-19;/h4-13,16-18H,14-15H2,1-3H3,(H,30,33);1H/t17-,18+;. The highest BCUT2D eigenvalue weighted by atomic mass is 35.5. The fourth-order valence-electron chi connectivity index (χ4n) is 4.56. The Morgan fingerprint density at radius 3 is 2.46 bits per heavy atom. The summed E-state index contributed by atoms with van der Waals surface area (Å²) in [6.07, 6.45) is 4.97. The van der Waals surface area contributed by atoms with Crippen molar-refractivity contribution in [1.82, 2.24) is 9.88 Å². The van der Waals surface area contributed by atoms with E-state index in [4.69, 9.17) is 16.0 Å². The van der Waals surface area contributed by atoms with E-state index in [2.05, 4.69) is 53.1 Å². The number of hydrogen-bond donors (Lipinski definition) is 1. The Labute approximate surface area is 216 Å². The third-order valence-corrected chi connectivity index (χ3v) is 7.06. The number of benzene rings is 2. The molecule has 0 bridgehead atoms. The monoisotopic (exact) mass is 510 g/mol. The topological polar surface area (TPSA) is 61.6 Å². The minimum absolute atomic E-state index is 0. The van der Waals surface area contributed by atoms with Crippen LogP contribution in [-0.4, -0.2) is 48.0 Å². The molecule has 2 aromatic carbocycles. The van der Waals surface area contributed by atoms with E-state index in [1.807, 2.05) is 30.3 Å². The fourth-order valence-corrected chi connectivity index (χ4v) is 4.85. The van der Waals surface area contributed by atoms with Crippen molar-refractivity contribution in [2.45, 2.75) is 25.9 Å². The lowest BCUT2D eigenvalue weighted by Crippen LogP contribution is -2.55. The van der Waals surface area contributed by atoms with Gasteiger partial charge in [0.15, 0.2) is 0 Å². The van der Waals surface area contributed by atoms with Crippen LogP contribution in [0.2, 0.25) is 5.02 Å². The second-order valence-corrected chi connectivity index (χ2v) is 9.39. The molecule has 0 spiro atoms. The van der Waals surface area contributed by atoms with Crippen LogP contribution in [0.4, 0.5) is 11.4 Å². The van der Waals surface area contributed by atoms with Gasteiger partial charge in [0, 0.05) is 59.9 Å². The SMILES string of the molecule is C[C@@H]1CN(c2ccc3occ(C(=O)Nc4ccc(-c5ccncc5)c(Cl)c4)c3c2)C[C@H](C)N1C.Cl. The molecule has 1 fully saturated rings. The number of carbonyl (C=O) groups excluding carboxylic acids is 1. The molecule has 1 amide bonds. The highest BCUT2D eigenvalue weighted by molar-refractivity contribution is 6.33. The number of piperazine rings is 1. The van der Waals surface area contributed by atoms with Crippen LogP contribution in [-0.2, 0) is 0 Å². The van der Waals surface area contributed by atoms with Crippen LogP contribution in [0.3, 0.4) is 0 Å². The molecule has 1 saturated heterocycles. The van der Waals surface area contributed by atoms with E-state index in [0.29, 0.717) is 33.9 Å². The molecule has 8 heteroatoms. The number of likely N-dealkylation sites (N-methyl/N-ethyl adjacent to an activating group) is 1. The van der Waals surface area contributed by atoms with Gasteiger partial charge < -0.3 is 14.6 Å². The van der Waals surface area contributed by atoms with Gasteiger partial charge in [-0.2, -0.15) is 0 Å². The van der Waals surface area contributed by atoms with Crippen molar-refractivity contribution >= 4 is 52.3 Å². The third kappa shape index (κ3) is 5.01. The number of aromatic nitrogens is 1. The molecule has 1 aliphatic rings. The van der Waals surface area contributed by atoms with Crippen LogP contribution in [0.15, 0.2) is 71.6 Å². The molecule has 2 atom stereocenters. The number of nitrogens with zero attached hydrogens (tertiary/aromatic N) is 3. The number of furan rings is 1. The number of pyridine rings is 1. The van der Waals surface area contributed by atoms with Crippen molar-refractivity contribution in [3.05, 3.63) is 77.8 Å². The van der Waals surface area contributed by atoms with Gasteiger partial charge in [-0.1, -0.05) is 17.7 Å². The Kier molecular flexibility index (Phi) is 7.36. The summed E-state index contributed by atoms with van der Waals surface area (Å²) in [6, 6.07) is 16.3. The van der Waals surface area contributed by atoms with Gasteiger partial charge in [-0.3, -0.25) is 14.7 Å². The van der Waals surface area contributed by atoms with Gasteiger partial charge in [0.1, 0.15) is 11.8 Å². The van der Waals surface area contributed by atoms with Crippen molar-refractivity contribution in [3.8, 4) is 11.1 Å². The number of fused-ring (bicyclic) bond motifs is 1. The average molecular weight is 511 g/mol. The molecule has 1 N–H and O–H groups in total. The quantitative estimate of drug-likeness (QED) is 0.346. The van der Waals surface area contributed by atoms with Gasteiger partial charge in [0.2, 0.25) is 0 Å². The van der Waals surface area contributed by atoms with Crippen LogP contribution >= 0.6 is 24.0 Å². The molecule has 0 unspecified atom stereocenters. The maximum Gasteiger partial charge on any atom is 0.259 e. The first-order valence-electron chi connectivity index (χ1n) is 11.4. The van der Waals surface area contributed by atoms with Gasteiger partial charge >= 0.3 is 0 Å². The molecule has 0 saturated carbocycles. The largest absolute Gasteiger partial charge is 0.463 e. The van der Waals surface area contributed by atoms with Gasteiger partial charge in [0.25, 0.3) is 5.91 Å². The molecule has 3 heterocycles. The number of hydrogen-bond acceptors (Lipinski definition) is 5. The van der Waals surface area contributed by atoms with Crippen LogP contribution in [0.1, 0.15) is 24.2 Å². The zero-order valence-corrected chi connectivity index (χ0v) is 21.4. The lowest BCUT2D eigenvalue weighted by molar-refractivity contribution is 0.102. The second kappa shape index (κ2) is 10.3. The Bertz CT molecular complexity index is 1330. The van der Waals surface area contributed by atoms with Crippen LogP contribution in [0.5, 0.6) is 0 Å². The van der Waals surface area contributed by atoms with E-state index in [9.17, 15) is 4.79 Å². The van der Waals surface area contributed by atoms with Crippen LogP contribution in [0.25, 0.3) is 22.1 Å². The Morgan fingerprint density at radius 1 is 1.06 bits per heavy atom. The Hall–Kier alpha value is -3.06. The van der Waals surface area contributed by atoms with E-state index in [1.54, 1.807) is 18.5 Å². The molecular formula is C27H28Cl2N4O2. The molecular weight excluding hydrogens is 483 g/mol. The third-order valence-electron chi connectivity index (χ3n) is 6.74. The fraction of sp³-hybridized carbons (Fsp3) is 0.259. The first kappa shape index (κ1) is 25.0. The van der Waals surface area contributed by atoms with Crippen LogP contribution < -0.4 is 10.2 Å². The summed E-state index contributed by atoms with van der Waals surface area (Å²) in [4.78, 5) is 22.0. The molecule has 2 aromatic heterocycles. The van der Waals surface area contributed by atoms with Crippen molar-refractivity contribution < 1.29 is 9.21 Å². The van der Waals surface area contributed by atoms with Gasteiger partial charge in [-0.05, 0) is 68.9 Å². The lowest BCUT2D eigenvalue weighted by Gasteiger charge is -2.43. The first-order valence-corrected chi connectivity index (χ1v) is 11.8. The summed E-state index contributed by atoms with van der Waals surface area (Å²) in [5, 5.41) is 4.32. The molecule has 1 aliphatic heterocycles. The number of amides is 1. The van der Waals surface area contributed by atoms with Crippen molar-refractivity contribution in [3.63, 3.8) is 0 Å². The maximum atomic E-state index is 13.1. The average Bonchev–Trinajstić information content (AvgIpc) is 3.26. The van der Waals surface area contributed by atoms with Crippen molar-refractivity contribution in [2.24, 2.45) is 0 Å². The predicted molar refractivity (Wildman–Crippen MR) is 145 cm³/mol. The molecule has 4 aromatic rings. The van der Waals surface area contributed by atoms with Gasteiger partial charge in [-0.15, -0.1) is 12.4 Å². The number of halogens is 2. The van der Waals surface area contributed by atoms with E-state index < -0.39 is 0 Å². The zero-order valence-electron chi connectivity index (χ0n) is 19.9. The molecule has 182 valence electrons. The van der Waals surface area contributed by atoms with Crippen LogP contribution in [0, 0.1) is 0 Å².